The summed E-state index contributed by atoms with van der Waals surface area (Å²) >= 11 is 8.98. The molecule has 0 fully saturated rings. The first-order valence-corrected chi connectivity index (χ1v) is 9.81. The fourth-order valence-corrected chi connectivity index (χ4v) is 3.17. The van der Waals surface area contributed by atoms with Crippen LogP contribution in [0.25, 0.3) is 11.8 Å². The average molecular weight is 460 g/mol. The highest BCUT2D eigenvalue weighted by Crippen LogP contribution is 2.15. The van der Waals surface area contributed by atoms with Gasteiger partial charge < -0.3 is 4.57 Å². The molecule has 0 radical (unpaired) electrons. The van der Waals surface area contributed by atoms with Crippen LogP contribution in [0.2, 0.25) is 5.15 Å². The zero-order valence-corrected chi connectivity index (χ0v) is 18.4. The molecule has 144 valence electrons. The Kier molecular flexibility index (Phi) is 6.26. The summed E-state index contributed by atoms with van der Waals surface area (Å²) in [6, 6.07) is 11.8. The molecule has 0 atom stereocenters. The van der Waals surface area contributed by atoms with Crippen LogP contribution >= 0.6 is 27.5 Å². The molecule has 0 aliphatic heterocycles. The molecule has 4 rings (SSSR count). The zero-order chi connectivity index (χ0) is 20.3. The molecular formula is C20H20BrClN6. The molecule has 4 aromatic heterocycles. The molecule has 0 amide bonds. The van der Waals surface area contributed by atoms with E-state index in [4.69, 9.17) is 11.6 Å². The fraction of sp³-hybridized carbons (Fsp3) is 0.200. The summed E-state index contributed by atoms with van der Waals surface area (Å²) in [5.74, 6) is 1.52. The Bertz CT molecular complexity index is 941. The lowest BCUT2D eigenvalue weighted by Crippen LogP contribution is -2.03. The second-order valence-electron chi connectivity index (χ2n) is 6.32. The van der Waals surface area contributed by atoms with Gasteiger partial charge in [0.05, 0.1) is 4.47 Å². The molecule has 28 heavy (non-hydrogen) atoms. The maximum atomic E-state index is 5.67. The summed E-state index contributed by atoms with van der Waals surface area (Å²) < 4.78 is 4.94. The standard InChI is InChI=1S/C10H10BrN3.C10H10ClN3/c1-7-3-4-8(2)14(7)10-12-5-9(11)6-13-10;1-7-3-4-8(2)14(7)10-6-5-9(11)12-13-10/h2*3-6H,1-2H3. The van der Waals surface area contributed by atoms with Crippen LogP contribution in [0, 0.1) is 27.7 Å². The molecule has 0 unspecified atom stereocenters. The number of aromatic nitrogens is 6. The monoisotopic (exact) mass is 458 g/mol. The van der Waals surface area contributed by atoms with Gasteiger partial charge in [0.1, 0.15) is 0 Å². The quantitative estimate of drug-likeness (QED) is 0.414. The second-order valence-corrected chi connectivity index (χ2v) is 7.62. The molecule has 8 heteroatoms. The van der Waals surface area contributed by atoms with Crippen molar-refractivity contribution >= 4 is 27.5 Å². The lowest BCUT2D eigenvalue weighted by atomic mass is 10.4. The minimum atomic E-state index is 0.413. The van der Waals surface area contributed by atoms with E-state index >= 15 is 0 Å². The van der Waals surface area contributed by atoms with Crippen molar-refractivity contribution in [3.63, 3.8) is 0 Å². The Labute approximate surface area is 177 Å². The SMILES string of the molecule is Cc1ccc(C)n1-c1ccc(Cl)nn1.Cc1ccc(C)n1-c1ncc(Br)cn1. The summed E-state index contributed by atoms with van der Waals surface area (Å²) in [5.41, 5.74) is 4.56. The van der Waals surface area contributed by atoms with E-state index in [9.17, 15) is 0 Å². The van der Waals surface area contributed by atoms with E-state index in [0.717, 1.165) is 33.1 Å². The molecule has 0 N–H and O–H groups in total. The Balaban J connectivity index is 0.000000161. The van der Waals surface area contributed by atoms with E-state index in [2.05, 4.69) is 48.2 Å². The Hall–Kier alpha value is -2.51. The van der Waals surface area contributed by atoms with Gasteiger partial charge in [0.2, 0.25) is 5.95 Å². The van der Waals surface area contributed by atoms with Gasteiger partial charge in [0.15, 0.2) is 11.0 Å². The van der Waals surface area contributed by atoms with Crippen molar-refractivity contribution in [3.8, 4) is 11.8 Å². The van der Waals surface area contributed by atoms with Crippen LogP contribution in [0.4, 0.5) is 0 Å². The van der Waals surface area contributed by atoms with Crippen LogP contribution in [-0.2, 0) is 0 Å². The van der Waals surface area contributed by atoms with Crippen LogP contribution in [0.3, 0.4) is 0 Å². The van der Waals surface area contributed by atoms with Crippen LogP contribution in [0.5, 0.6) is 0 Å². The summed E-state index contributed by atoms with van der Waals surface area (Å²) in [7, 11) is 0. The van der Waals surface area contributed by atoms with E-state index in [1.165, 1.54) is 0 Å². The predicted molar refractivity (Wildman–Crippen MR) is 114 cm³/mol. The van der Waals surface area contributed by atoms with Crippen molar-refractivity contribution in [1.82, 2.24) is 29.3 Å². The minimum Gasteiger partial charge on any atom is -0.302 e. The molecule has 0 saturated heterocycles. The van der Waals surface area contributed by atoms with E-state index in [0.29, 0.717) is 11.1 Å². The number of hydrogen-bond donors (Lipinski definition) is 0. The van der Waals surface area contributed by atoms with Gasteiger partial charge in [-0.15, -0.1) is 10.2 Å². The molecule has 6 nitrogen and oxygen atoms in total. The first kappa shape index (κ1) is 20.2. The van der Waals surface area contributed by atoms with Crippen LogP contribution in [0.1, 0.15) is 22.8 Å². The minimum absolute atomic E-state index is 0.413. The Morgan fingerprint density at radius 2 is 1.21 bits per heavy atom. The molecule has 0 saturated carbocycles. The highest BCUT2D eigenvalue weighted by Gasteiger charge is 2.06. The summed E-state index contributed by atoms with van der Waals surface area (Å²) in [6.07, 6.45) is 3.50. The lowest BCUT2D eigenvalue weighted by molar-refractivity contribution is 0.870. The molecule has 0 aliphatic rings. The number of halogens is 2. The van der Waals surface area contributed by atoms with E-state index in [1.807, 2.05) is 55.0 Å². The molecular weight excluding hydrogens is 440 g/mol. The summed E-state index contributed by atoms with van der Waals surface area (Å²) in [4.78, 5) is 8.49. The van der Waals surface area contributed by atoms with Gasteiger partial charge in [-0.1, -0.05) is 11.6 Å². The molecule has 4 aromatic rings. The van der Waals surface area contributed by atoms with Crippen LogP contribution < -0.4 is 0 Å². The lowest BCUT2D eigenvalue weighted by Gasteiger charge is -2.06. The molecule has 0 bridgehead atoms. The number of nitrogens with zero attached hydrogens (tertiary/aromatic N) is 6. The largest absolute Gasteiger partial charge is 0.302 e. The fourth-order valence-electron chi connectivity index (χ4n) is 2.86. The molecule has 0 aromatic carbocycles. The normalized spacial score (nSPS) is 10.5. The van der Waals surface area contributed by atoms with Gasteiger partial charge in [-0.3, -0.25) is 4.57 Å². The first-order chi connectivity index (χ1) is 13.4. The maximum absolute atomic E-state index is 5.67. The Morgan fingerprint density at radius 3 is 1.68 bits per heavy atom. The van der Waals surface area contributed by atoms with E-state index in [1.54, 1.807) is 18.5 Å². The van der Waals surface area contributed by atoms with Gasteiger partial charge in [0, 0.05) is 35.2 Å². The van der Waals surface area contributed by atoms with Gasteiger partial charge in [-0.2, -0.15) is 0 Å². The third-order valence-electron chi connectivity index (χ3n) is 4.20. The molecule has 0 spiro atoms. The molecule has 4 heterocycles. The topological polar surface area (TPSA) is 61.4 Å². The number of hydrogen-bond acceptors (Lipinski definition) is 4. The molecule has 0 aliphatic carbocycles. The smallest absolute Gasteiger partial charge is 0.234 e. The second kappa shape index (κ2) is 8.67. The van der Waals surface area contributed by atoms with Crippen molar-refractivity contribution in [2.75, 3.05) is 0 Å². The maximum Gasteiger partial charge on any atom is 0.234 e. The van der Waals surface area contributed by atoms with Crippen LogP contribution in [0.15, 0.2) is 53.3 Å². The van der Waals surface area contributed by atoms with E-state index < -0.39 is 0 Å². The van der Waals surface area contributed by atoms with Crippen molar-refractivity contribution < 1.29 is 0 Å². The summed E-state index contributed by atoms with van der Waals surface area (Å²) in [6.45, 7) is 8.14. The predicted octanol–water partition coefficient (Wildman–Crippen LogP) is 5.18. The van der Waals surface area contributed by atoms with Crippen molar-refractivity contribution in [3.05, 3.63) is 81.2 Å². The van der Waals surface area contributed by atoms with Crippen molar-refractivity contribution in [2.45, 2.75) is 27.7 Å². The van der Waals surface area contributed by atoms with Crippen molar-refractivity contribution in [2.24, 2.45) is 0 Å². The average Bonchev–Trinajstić information content (AvgIpc) is 3.19. The van der Waals surface area contributed by atoms with Gasteiger partial charge in [-0.25, -0.2) is 9.97 Å². The zero-order valence-electron chi connectivity index (χ0n) is 16.1. The third kappa shape index (κ3) is 4.48. The van der Waals surface area contributed by atoms with Gasteiger partial charge in [0.25, 0.3) is 0 Å². The van der Waals surface area contributed by atoms with Gasteiger partial charge in [-0.05, 0) is 80.0 Å². The Morgan fingerprint density at radius 1 is 0.714 bits per heavy atom. The third-order valence-corrected chi connectivity index (χ3v) is 4.81. The van der Waals surface area contributed by atoms with Crippen LogP contribution in [-0.4, -0.2) is 29.3 Å². The van der Waals surface area contributed by atoms with Gasteiger partial charge >= 0.3 is 0 Å². The summed E-state index contributed by atoms with van der Waals surface area (Å²) in [5, 5.41) is 8.25. The van der Waals surface area contributed by atoms with Crippen molar-refractivity contribution in [1.29, 1.82) is 0 Å². The number of aryl methyl sites for hydroxylation is 4. The first-order valence-electron chi connectivity index (χ1n) is 8.64. The highest BCUT2D eigenvalue weighted by atomic mass is 79.9. The van der Waals surface area contributed by atoms with E-state index in [-0.39, 0.29) is 0 Å². The number of rotatable bonds is 2. The highest BCUT2D eigenvalue weighted by molar-refractivity contribution is 9.10.